The molecule has 3 heterocycles. The molecular formula is C28H33N5O6. The third kappa shape index (κ3) is 6.73. The molecule has 0 radical (unpaired) electrons. The molecule has 39 heavy (non-hydrogen) atoms. The van der Waals surface area contributed by atoms with E-state index in [4.69, 9.17) is 13.9 Å². The number of ether oxygens (including phenoxy) is 2. The lowest BCUT2D eigenvalue weighted by atomic mass is 10.0. The molecule has 3 aromatic rings. The summed E-state index contributed by atoms with van der Waals surface area (Å²) in [4.78, 5) is 49.4. The van der Waals surface area contributed by atoms with Crippen molar-refractivity contribution in [2.75, 3.05) is 26.8 Å². The van der Waals surface area contributed by atoms with Crippen LogP contribution in [0.5, 0.6) is 11.5 Å². The van der Waals surface area contributed by atoms with Crippen LogP contribution in [0.4, 0.5) is 0 Å². The van der Waals surface area contributed by atoms with Crippen molar-refractivity contribution in [2.45, 2.75) is 39.8 Å². The maximum Gasteiger partial charge on any atom is 0.255 e. The minimum Gasteiger partial charge on any atom is -0.493 e. The van der Waals surface area contributed by atoms with Crippen molar-refractivity contribution in [1.82, 2.24) is 25.5 Å². The Labute approximate surface area is 226 Å². The summed E-state index contributed by atoms with van der Waals surface area (Å²) in [5, 5.41) is 5.64. The molecule has 1 aromatic carbocycles. The average molecular weight is 536 g/mol. The standard InChI is InChI=1S/C28H33N5O6/c1-17(2)25-26(35)30-15-21-18(3)39-27(31-21)19-8-9-22(37-4)23(13-19)38-12-6-11-33(16-24(34)32-25)28(36)20-7-5-10-29-14-20/h5,7-10,13-14,17,25H,6,11-12,15-16H2,1-4H3,(H,30,35)(H,32,34)/t25-/m0/s1. The van der Waals surface area contributed by atoms with Crippen molar-refractivity contribution in [3.05, 3.63) is 59.7 Å². The van der Waals surface area contributed by atoms with Gasteiger partial charge < -0.3 is 29.4 Å². The zero-order valence-corrected chi connectivity index (χ0v) is 22.5. The quantitative estimate of drug-likeness (QED) is 0.523. The number of nitrogens with zero attached hydrogens (tertiary/aromatic N) is 3. The van der Waals surface area contributed by atoms with Crippen molar-refractivity contribution in [3.8, 4) is 23.0 Å². The molecule has 2 aromatic heterocycles. The zero-order chi connectivity index (χ0) is 27.9. The molecule has 4 bridgehead atoms. The van der Waals surface area contributed by atoms with Crippen LogP contribution in [-0.2, 0) is 16.1 Å². The predicted octanol–water partition coefficient (Wildman–Crippen LogP) is 2.74. The number of carbonyl (C=O) groups excluding carboxylic acids is 3. The smallest absolute Gasteiger partial charge is 0.255 e. The number of aryl methyl sites for hydroxylation is 1. The zero-order valence-electron chi connectivity index (χ0n) is 22.5. The maximum absolute atomic E-state index is 13.2. The summed E-state index contributed by atoms with van der Waals surface area (Å²) >= 11 is 0. The molecule has 1 aliphatic rings. The van der Waals surface area contributed by atoms with E-state index in [0.717, 1.165) is 0 Å². The summed E-state index contributed by atoms with van der Waals surface area (Å²) in [6.45, 7) is 5.85. The van der Waals surface area contributed by atoms with Gasteiger partial charge in [0.05, 0.1) is 32.4 Å². The van der Waals surface area contributed by atoms with Gasteiger partial charge in [0.25, 0.3) is 5.91 Å². The second kappa shape index (κ2) is 12.4. The number of fused-ring (bicyclic) bond motifs is 5. The fraction of sp³-hybridized carbons (Fsp3) is 0.393. The van der Waals surface area contributed by atoms with Gasteiger partial charge in [0.2, 0.25) is 17.7 Å². The molecule has 0 unspecified atom stereocenters. The molecule has 0 spiro atoms. The highest BCUT2D eigenvalue weighted by Crippen LogP contribution is 2.33. The topological polar surface area (TPSA) is 136 Å². The molecule has 1 aliphatic heterocycles. The highest BCUT2D eigenvalue weighted by atomic mass is 16.5. The SMILES string of the molecule is COc1ccc2cc1OCCCN(C(=O)c1cccnc1)CC(=O)N[C@@H](C(C)C)C(=O)NCc1nc-2oc1C. The highest BCUT2D eigenvalue weighted by molar-refractivity contribution is 5.97. The number of oxazole rings is 1. The van der Waals surface area contributed by atoms with Gasteiger partial charge in [-0.05, 0) is 49.6 Å². The molecule has 0 aliphatic carbocycles. The van der Waals surface area contributed by atoms with E-state index in [-0.39, 0.29) is 44.0 Å². The number of carbonyl (C=O) groups is 3. The van der Waals surface area contributed by atoms with Gasteiger partial charge in [-0.15, -0.1) is 0 Å². The summed E-state index contributed by atoms with van der Waals surface area (Å²) in [6, 6.07) is 7.86. The molecule has 0 saturated carbocycles. The first-order valence-corrected chi connectivity index (χ1v) is 12.8. The Balaban J connectivity index is 1.64. The van der Waals surface area contributed by atoms with Gasteiger partial charge in [-0.3, -0.25) is 19.4 Å². The molecule has 1 atom stereocenters. The minimum absolute atomic E-state index is 0.123. The van der Waals surface area contributed by atoms with Gasteiger partial charge in [-0.2, -0.15) is 0 Å². The number of hydrogen-bond donors (Lipinski definition) is 2. The van der Waals surface area contributed by atoms with Crippen LogP contribution in [0.25, 0.3) is 11.5 Å². The molecule has 4 rings (SSSR count). The summed E-state index contributed by atoms with van der Waals surface area (Å²) in [6.07, 6.45) is 3.46. The van der Waals surface area contributed by atoms with Crippen LogP contribution < -0.4 is 20.1 Å². The molecular weight excluding hydrogens is 502 g/mol. The molecule has 206 valence electrons. The average Bonchev–Trinajstić information content (AvgIpc) is 3.31. The van der Waals surface area contributed by atoms with E-state index in [1.807, 2.05) is 19.9 Å². The van der Waals surface area contributed by atoms with Gasteiger partial charge >= 0.3 is 0 Å². The number of amides is 3. The van der Waals surface area contributed by atoms with Crippen LogP contribution in [0.1, 0.15) is 42.1 Å². The van der Waals surface area contributed by atoms with Crippen LogP contribution in [0.15, 0.2) is 47.1 Å². The number of nitrogens with one attached hydrogen (secondary N) is 2. The summed E-state index contributed by atoms with van der Waals surface area (Å²) in [7, 11) is 1.55. The lowest BCUT2D eigenvalue weighted by molar-refractivity contribution is -0.130. The maximum atomic E-state index is 13.2. The highest BCUT2D eigenvalue weighted by Gasteiger charge is 2.27. The van der Waals surface area contributed by atoms with E-state index in [0.29, 0.717) is 46.4 Å². The Morgan fingerprint density at radius 3 is 2.77 bits per heavy atom. The lowest BCUT2D eigenvalue weighted by Crippen LogP contribution is -2.52. The molecule has 3 amide bonds. The lowest BCUT2D eigenvalue weighted by Gasteiger charge is -2.26. The van der Waals surface area contributed by atoms with Crippen molar-refractivity contribution >= 4 is 17.7 Å². The van der Waals surface area contributed by atoms with Gasteiger partial charge in [0.15, 0.2) is 11.5 Å². The van der Waals surface area contributed by atoms with E-state index in [9.17, 15) is 14.4 Å². The fourth-order valence-corrected chi connectivity index (χ4v) is 4.21. The van der Waals surface area contributed by atoms with Gasteiger partial charge in [-0.1, -0.05) is 13.8 Å². The largest absolute Gasteiger partial charge is 0.493 e. The first-order valence-electron chi connectivity index (χ1n) is 12.8. The van der Waals surface area contributed by atoms with E-state index >= 15 is 0 Å². The monoisotopic (exact) mass is 535 g/mol. The van der Waals surface area contributed by atoms with Crippen LogP contribution >= 0.6 is 0 Å². The number of hydrogen-bond acceptors (Lipinski definition) is 8. The van der Waals surface area contributed by atoms with Crippen LogP contribution in [0.2, 0.25) is 0 Å². The second-order valence-corrected chi connectivity index (χ2v) is 9.56. The normalized spacial score (nSPS) is 16.9. The number of benzene rings is 1. The third-order valence-corrected chi connectivity index (χ3v) is 6.36. The number of aromatic nitrogens is 2. The number of rotatable bonds is 3. The molecule has 11 nitrogen and oxygen atoms in total. The summed E-state index contributed by atoms with van der Waals surface area (Å²) in [5.41, 5.74) is 1.62. The summed E-state index contributed by atoms with van der Waals surface area (Å²) in [5.74, 6) is 0.638. The van der Waals surface area contributed by atoms with E-state index < -0.39 is 11.9 Å². The molecule has 2 N–H and O–H groups in total. The van der Waals surface area contributed by atoms with E-state index in [1.54, 1.807) is 44.5 Å². The second-order valence-electron chi connectivity index (χ2n) is 9.56. The van der Waals surface area contributed by atoms with E-state index in [2.05, 4.69) is 20.6 Å². The number of pyridine rings is 1. The van der Waals surface area contributed by atoms with Gasteiger partial charge in [0, 0.05) is 24.5 Å². The molecule has 11 heteroatoms. The first-order chi connectivity index (χ1) is 18.8. The Morgan fingerprint density at radius 1 is 1.23 bits per heavy atom. The van der Waals surface area contributed by atoms with Crippen molar-refractivity contribution < 1.29 is 28.3 Å². The minimum atomic E-state index is -0.800. The Hall–Kier alpha value is -4.41. The Morgan fingerprint density at radius 2 is 2.05 bits per heavy atom. The van der Waals surface area contributed by atoms with Crippen LogP contribution in [0.3, 0.4) is 0 Å². The van der Waals surface area contributed by atoms with Crippen LogP contribution in [-0.4, -0.2) is 65.4 Å². The van der Waals surface area contributed by atoms with Gasteiger partial charge in [-0.25, -0.2) is 4.98 Å². The molecule has 0 saturated heterocycles. The van der Waals surface area contributed by atoms with Gasteiger partial charge in [0.1, 0.15) is 17.5 Å². The van der Waals surface area contributed by atoms with E-state index in [1.165, 1.54) is 11.1 Å². The van der Waals surface area contributed by atoms with Crippen molar-refractivity contribution in [2.24, 2.45) is 5.92 Å². The van der Waals surface area contributed by atoms with Crippen molar-refractivity contribution in [1.29, 1.82) is 0 Å². The summed E-state index contributed by atoms with van der Waals surface area (Å²) < 4.78 is 17.3. The fourth-order valence-electron chi connectivity index (χ4n) is 4.21. The number of methoxy groups -OCH3 is 1. The molecule has 0 fully saturated rings. The Bertz CT molecular complexity index is 1320. The Kier molecular flexibility index (Phi) is 8.80. The predicted molar refractivity (Wildman–Crippen MR) is 142 cm³/mol. The first kappa shape index (κ1) is 27.6. The van der Waals surface area contributed by atoms with Crippen molar-refractivity contribution in [3.63, 3.8) is 0 Å². The third-order valence-electron chi connectivity index (χ3n) is 6.36. The van der Waals surface area contributed by atoms with Crippen LogP contribution in [0, 0.1) is 12.8 Å².